The molecule has 0 amide bonds. The number of hydrogen-bond donors (Lipinski definition) is 0. The second-order valence-electron chi connectivity index (χ2n) is 3.64. The van der Waals surface area contributed by atoms with Crippen molar-refractivity contribution in [1.29, 1.82) is 0 Å². The third kappa shape index (κ3) is 4.66. The lowest BCUT2D eigenvalue weighted by molar-refractivity contribution is 1.31. The van der Waals surface area contributed by atoms with Crippen LogP contribution in [0.25, 0.3) is 0 Å². The molecule has 0 spiro atoms. The van der Waals surface area contributed by atoms with Gasteiger partial charge in [-0.2, -0.15) is 0 Å². The Morgan fingerprint density at radius 3 is 1.36 bits per heavy atom. The number of allylic oxidation sites excluding steroid dienone is 8. The van der Waals surface area contributed by atoms with Crippen molar-refractivity contribution in [2.75, 3.05) is 0 Å². The highest BCUT2D eigenvalue weighted by atomic mass is 14.0. The van der Waals surface area contributed by atoms with Crippen LogP contribution in [0, 0.1) is 0 Å². The molecule has 0 aliphatic heterocycles. The minimum absolute atomic E-state index is 1.18. The van der Waals surface area contributed by atoms with Crippen LogP contribution >= 0.6 is 0 Å². The van der Waals surface area contributed by atoms with Gasteiger partial charge in [-0.25, -0.2) is 0 Å². The van der Waals surface area contributed by atoms with Gasteiger partial charge in [-0.3, -0.25) is 0 Å². The molecule has 76 valence electrons. The first-order valence-electron chi connectivity index (χ1n) is 4.80. The summed E-state index contributed by atoms with van der Waals surface area (Å²) in [6, 6.07) is 0. The first-order chi connectivity index (χ1) is 6.51. The first kappa shape index (κ1) is 12.7. The van der Waals surface area contributed by atoms with E-state index in [9.17, 15) is 0 Å². The summed E-state index contributed by atoms with van der Waals surface area (Å²) in [5, 5.41) is 0. The van der Waals surface area contributed by atoms with Crippen molar-refractivity contribution in [2.45, 2.75) is 27.7 Å². The van der Waals surface area contributed by atoms with Gasteiger partial charge in [-0.05, 0) is 33.3 Å². The maximum atomic E-state index is 3.74. The molecule has 0 saturated carbocycles. The van der Waals surface area contributed by atoms with Gasteiger partial charge in [0.1, 0.15) is 0 Å². The van der Waals surface area contributed by atoms with Crippen molar-refractivity contribution in [3.8, 4) is 0 Å². The van der Waals surface area contributed by atoms with E-state index >= 15 is 0 Å². The molecule has 0 aromatic carbocycles. The summed E-state index contributed by atoms with van der Waals surface area (Å²) in [6.45, 7) is 15.8. The molecule has 0 N–H and O–H groups in total. The van der Waals surface area contributed by atoms with E-state index in [1.165, 1.54) is 22.3 Å². The Labute approximate surface area is 88.0 Å². The molecule has 0 radical (unpaired) electrons. The zero-order valence-electron chi connectivity index (χ0n) is 9.72. The highest BCUT2D eigenvalue weighted by Crippen LogP contribution is 2.13. The summed E-state index contributed by atoms with van der Waals surface area (Å²) in [5.74, 6) is 0. The predicted molar refractivity (Wildman–Crippen MR) is 66.3 cm³/mol. The number of rotatable bonds is 4. The molecule has 0 aromatic rings. The second kappa shape index (κ2) is 6.20. The van der Waals surface area contributed by atoms with Gasteiger partial charge in [0.15, 0.2) is 0 Å². The Kier molecular flexibility index (Phi) is 5.62. The SMILES string of the molecule is C=C/C(C)=C/C(/C=C(\C)C=C)=C(C)C. The Bertz CT molecular complexity index is 279. The zero-order valence-corrected chi connectivity index (χ0v) is 9.72. The monoisotopic (exact) mass is 188 g/mol. The van der Waals surface area contributed by atoms with Crippen LogP contribution in [-0.4, -0.2) is 0 Å². The quantitative estimate of drug-likeness (QED) is 0.566. The van der Waals surface area contributed by atoms with Gasteiger partial charge in [0, 0.05) is 0 Å². The first-order valence-corrected chi connectivity index (χ1v) is 4.80. The van der Waals surface area contributed by atoms with Crippen LogP contribution in [0.5, 0.6) is 0 Å². The standard InChI is InChI=1S/C14H20/c1-7-12(5)9-14(11(3)4)10-13(6)8-2/h7-10H,1-2H2,3-6H3/b12-9+,13-10+. The van der Waals surface area contributed by atoms with Gasteiger partial charge in [0.2, 0.25) is 0 Å². The Morgan fingerprint density at radius 1 is 0.786 bits per heavy atom. The molecule has 0 aliphatic rings. The molecule has 0 bridgehead atoms. The van der Waals surface area contributed by atoms with Gasteiger partial charge in [0.25, 0.3) is 0 Å². The van der Waals surface area contributed by atoms with Crippen LogP contribution in [0.4, 0.5) is 0 Å². The minimum atomic E-state index is 1.18. The average molecular weight is 188 g/mol. The van der Waals surface area contributed by atoms with Crippen molar-refractivity contribution in [1.82, 2.24) is 0 Å². The third-order valence-electron chi connectivity index (χ3n) is 1.99. The summed E-state index contributed by atoms with van der Waals surface area (Å²) < 4.78 is 0. The van der Waals surface area contributed by atoms with E-state index in [1.807, 2.05) is 26.0 Å². The van der Waals surface area contributed by atoms with Gasteiger partial charge in [-0.1, -0.05) is 54.2 Å². The van der Waals surface area contributed by atoms with Gasteiger partial charge in [0.05, 0.1) is 0 Å². The normalized spacial score (nSPS) is 12.3. The fraction of sp³-hybridized carbons (Fsp3) is 0.286. The van der Waals surface area contributed by atoms with Crippen LogP contribution in [-0.2, 0) is 0 Å². The van der Waals surface area contributed by atoms with Crippen LogP contribution in [0.2, 0.25) is 0 Å². The van der Waals surface area contributed by atoms with Crippen LogP contribution in [0.15, 0.2) is 59.8 Å². The predicted octanol–water partition coefficient (Wildman–Crippen LogP) is 4.59. The van der Waals surface area contributed by atoms with E-state index in [4.69, 9.17) is 0 Å². The van der Waals surface area contributed by atoms with Crippen LogP contribution in [0.1, 0.15) is 27.7 Å². The second-order valence-corrected chi connectivity index (χ2v) is 3.64. The Balaban J connectivity index is 5.12. The van der Waals surface area contributed by atoms with E-state index < -0.39 is 0 Å². The van der Waals surface area contributed by atoms with Crippen LogP contribution < -0.4 is 0 Å². The summed E-state index contributed by atoms with van der Waals surface area (Å²) in [6.07, 6.45) is 7.99. The Morgan fingerprint density at radius 2 is 1.14 bits per heavy atom. The summed E-state index contributed by atoms with van der Waals surface area (Å²) in [7, 11) is 0. The molecule has 0 rings (SSSR count). The van der Waals surface area contributed by atoms with Crippen LogP contribution in [0.3, 0.4) is 0 Å². The highest BCUT2D eigenvalue weighted by Gasteiger charge is 1.93. The van der Waals surface area contributed by atoms with Crippen molar-refractivity contribution < 1.29 is 0 Å². The molecule has 0 heteroatoms. The molecule has 0 fully saturated rings. The lowest BCUT2D eigenvalue weighted by Gasteiger charge is -2.01. The molecule has 0 aliphatic carbocycles. The summed E-state index contributed by atoms with van der Waals surface area (Å²) in [4.78, 5) is 0. The minimum Gasteiger partial charge on any atom is -0.0988 e. The van der Waals surface area contributed by atoms with Crippen molar-refractivity contribution in [3.63, 3.8) is 0 Å². The maximum Gasteiger partial charge on any atom is -0.0265 e. The van der Waals surface area contributed by atoms with Crippen molar-refractivity contribution >= 4 is 0 Å². The number of hydrogen-bond acceptors (Lipinski definition) is 0. The van der Waals surface area contributed by atoms with E-state index in [-0.39, 0.29) is 0 Å². The van der Waals surface area contributed by atoms with Gasteiger partial charge >= 0.3 is 0 Å². The fourth-order valence-corrected chi connectivity index (χ4v) is 0.939. The average Bonchev–Trinajstić information content (AvgIpc) is 2.16. The molecule has 0 atom stereocenters. The molecule has 14 heavy (non-hydrogen) atoms. The van der Waals surface area contributed by atoms with E-state index in [0.29, 0.717) is 0 Å². The Hall–Kier alpha value is -1.30. The molecular weight excluding hydrogens is 168 g/mol. The molecule has 0 heterocycles. The van der Waals surface area contributed by atoms with Crippen molar-refractivity contribution in [2.24, 2.45) is 0 Å². The van der Waals surface area contributed by atoms with E-state index in [1.54, 1.807) is 0 Å². The smallest absolute Gasteiger partial charge is 0.0265 e. The van der Waals surface area contributed by atoms with Crippen molar-refractivity contribution in [3.05, 3.63) is 59.8 Å². The molecule has 0 unspecified atom stereocenters. The largest absolute Gasteiger partial charge is 0.0988 e. The topological polar surface area (TPSA) is 0 Å². The van der Waals surface area contributed by atoms with Gasteiger partial charge in [-0.15, -0.1) is 0 Å². The summed E-state index contributed by atoms with van der Waals surface area (Å²) in [5.41, 5.74) is 4.89. The molecule has 0 saturated heterocycles. The summed E-state index contributed by atoms with van der Waals surface area (Å²) >= 11 is 0. The molecular formula is C14H20. The van der Waals surface area contributed by atoms with E-state index in [2.05, 4.69) is 39.2 Å². The molecule has 0 aromatic heterocycles. The van der Waals surface area contributed by atoms with Gasteiger partial charge < -0.3 is 0 Å². The fourth-order valence-electron chi connectivity index (χ4n) is 0.939. The van der Waals surface area contributed by atoms with E-state index in [0.717, 1.165) is 0 Å². The lowest BCUT2D eigenvalue weighted by Crippen LogP contribution is -1.81. The lowest BCUT2D eigenvalue weighted by atomic mass is 10.0. The maximum absolute atomic E-state index is 3.74. The third-order valence-corrected chi connectivity index (χ3v) is 1.99. The zero-order chi connectivity index (χ0) is 11.1. The molecule has 0 nitrogen and oxygen atoms in total. The highest BCUT2D eigenvalue weighted by molar-refractivity contribution is 5.41.